The Balaban J connectivity index is 2.84. The van der Waals surface area contributed by atoms with Gasteiger partial charge in [-0.25, -0.2) is 0 Å². The molecule has 9 nitrogen and oxygen atoms in total. The average Bonchev–Trinajstić information content (AvgIpc) is 3.17. The number of carbonyl (C=O) groups excluding carboxylic acids is 1. The van der Waals surface area contributed by atoms with Gasteiger partial charge in [-0.05, 0) is 113 Å². The van der Waals surface area contributed by atoms with E-state index in [0.717, 1.165) is 31.3 Å². The molecule has 2 bridgehead atoms. The van der Waals surface area contributed by atoms with E-state index in [2.05, 4.69) is 167 Å². The van der Waals surface area contributed by atoms with Gasteiger partial charge in [0.25, 0.3) is 0 Å². The lowest BCUT2D eigenvalue weighted by molar-refractivity contribution is -0.337. The zero-order chi connectivity index (χ0) is 51.6. The SMILES string of the molecule is CO[C@@H]1C/C=C\C=C\C[C@H](C)[C@H]2OC(C)(C)O[C@H]([C@H]2C)[C@H](C)[C@H](O[Si](C)(C)C(C)(C)C)CC(=O)O[C@@H](C[C@H](O[Si](C)(C)C(C)(C)C)[C@H](C)[C@@H](/C=C(C)/C=C/CO)O[Si](C)(C)C(C)(C)C)CCC1. The second-order valence-electron chi connectivity index (χ2n) is 25.5. The summed E-state index contributed by atoms with van der Waals surface area (Å²) in [5.41, 5.74) is 1.02. The number of allylic oxidation sites excluding steroid dienone is 5. The molecular formula is C55H104O9Si3. The van der Waals surface area contributed by atoms with Crippen molar-refractivity contribution in [1.82, 2.24) is 0 Å². The standard InChI is InChI=1S/C55H104O9Si3/c1-39(30-29-35-56)36-46(62-65(18,19)52(6,7)8)41(3)47(63-66(20,21)53(9,10)11)37-45-34-28-33-44(58-17)32-27-25-24-26-31-40(2)50-43(5)51(61-55(15,16)60-50)42(4)48(38-49(57)59-45)64-67(22,23)54(12,13)14/h24-27,29-30,36,40-48,50-51,56H,28,31-35,37-38H2,1-23H3/b26-24+,27-25-,30-29+,39-36+/t40-,41+,42+,43-,44+,45+,46+,47-,48+,50+,51-/m0/s1. The fourth-order valence-corrected chi connectivity index (χ4v) is 12.7. The zero-order valence-electron chi connectivity index (χ0n) is 47.3. The van der Waals surface area contributed by atoms with E-state index in [-0.39, 0.29) is 88.3 Å². The van der Waals surface area contributed by atoms with E-state index < -0.39 is 42.9 Å². The van der Waals surface area contributed by atoms with E-state index in [1.165, 1.54) is 0 Å². The third kappa shape index (κ3) is 19.1. The van der Waals surface area contributed by atoms with Crippen LogP contribution < -0.4 is 0 Å². The molecule has 0 spiro atoms. The minimum Gasteiger partial charge on any atom is -0.462 e. The highest BCUT2D eigenvalue weighted by molar-refractivity contribution is 6.75. The summed E-state index contributed by atoms with van der Waals surface area (Å²) in [6.45, 7) is 49.2. The number of cyclic esters (lactones) is 1. The van der Waals surface area contributed by atoms with Gasteiger partial charge in [-0.15, -0.1) is 0 Å². The lowest BCUT2D eigenvalue weighted by Gasteiger charge is -2.50. The fourth-order valence-electron chi connectivity index (χ4n) is 8.51. The Morgan fingerprint density at radius 1 is 0.821 bits per heavy atom. The van der Waals surface area contributed by atoms with Crippen LogP contribution >= 0.6 is 0 Å². The largest absolute Gasteiger partial charge is 0.462 e. The predicted molar refractivity (Wildman–Crippen MR) is 288 cm³/mol. The Morgan fingerprint density at radius 3 is 1.90 bits per heavy atom. The molecule has 0 aliphatic carbocycles. The molecule has 0 radical (unpaired) electrons. The molecule has 2 heterocycles. The van der Waals surface area contributed by atoms with Crippen molar-refractivity contribution < 1.29 is 42.1 Å². The quantitative estimate of drug-likeness (QED) is 0.104. The second-order valence-corrected chi connectivity index (χ2v) is 39.7. The normalized spacial score (nSPS) is 30.0. The molecule has 67 heavy (non-hydrogen) atoms. The number of hydrogen-bond donors (Lipinski definition) is 1. The van der Waals surface area contributed by atoms with Gasteiger partial charge in [-0.1, -0.05) is 138 Å². The molecule has 390 valence electrons. The van der Waals surface area contributed by atoms with Crippen LogP contribution in [0.15, 0.2) is 48.1 Å². The summed E-state index contributed by atoms with van der Waals surface area (Å²) in [5.74, 6) is -0.987. The first-order valence-corrected chi connectivity index (χ1v) is 34.6. The van der Waals surface area contributed by atoms with Crippen LogP contribution in [0.1, 0.15) is 156 Å². The van der Waals surface area contributed by atoms with Crippen LogP contribution in [0.25, 0.3) is 0 Å². The fraction of sp³-hybridized carbons (Fsp3) is 0.836. The number of ether oxygens (including phenoxy) is 4. The molecule has 1 N–H and O–H groups in total. The molecule has 0 aromatic carbocycles. The van der Waals surface area contributed by atoms with Gasteiger partial charge in [0, 0.05) is 31.3 Å². The number of carbonyl (C=O) groups is 1. The summed E-state index contributed by atoms with van der Waals surface area (Å²) in [5, 5.41) is 9.51. The number of aliphatic hydroxyl groups is 1. The summed E-state index contributed by atoms with van der Waals surface area (Å²) in [4.78, 5) is 14.9. The van der Waals surface area contributed by atoms with E-state index in [0.29, 0.717) is 12.8 Å². The summed E-state index contributed by atoms with van der Waals surface area (Å²) < 4.78 is 48.6. The molecule has 0 unspecified atom stereocenters. The van der Waals surface area contributed by atoms with Crippen LogP contribution in [0.2, 0.25) is 54.4 Å². The van der Waals surface area contributed by atoms with E-state index >= 15 is 0 Å². The van der Waals surface area contributed by atoms with Gasteiger partial charge in [0.15, 0.2) is 30.7 Å². The van der Waals surface area contributed by atoms with Crippen LogP contribution in [0.5, 0.6) is 0 Å². The molecular weight excluding hydrogens is 889 g/mol. The number of rotatable bonds is 14. The average molecular weight is 994 g/mol. The maximum atomic E-state index is 14.9. The summed E-state index contributed by atoms with van der Waals surface area (Å²) in [7, 11) is -5.25. The van der Waals surface area contributed by atoms with Crippen LogP contribution in [-0.4, -0.2) is 98.3 Å². The third-order valence-corrected chi connectivity index (χ3v) is 29.6. The number of aliphatic hydroxyl groups excluding tert-OH is 1. The number of methoxy groups -OCH3 is 1. The Kier molecular flexibility index (Phi) is 23.5. The van der Waals surface area contributed by atoms with Crippen molar-refractivity contribution in [2.75, 3.05) is 13.7 Å². The highest BCUT2D eigenvalue weighted by atomic mass is 28.4. The number of esters is 1. The maximum Gasteiger partial charge on any atom is 0.308 e. The minimum absolute atomic E-state index is 0.0234. The molecule has 0 aromatic heterocycles. The van der Waals surface area contributed by atoms with Crippen LogP contribution in [0, 0.1) is 23.7 Å². The van der Waals surface area contributed by atoms with E-state index in [1.807, 2.05) is 19.9 Å². The molecule has 2 rings (SSSR count). The lowest BCUT2D eigenvalue weighted by Crippen LogP contribution is -2.57. The highest BCUT2D eigenvalue weighted by Crippen LogP contribution is 2.45. The smallest absolute Gasteiger partial charge is 0.308 e. The lowest BCUT2D eigenvalue weighted by atomic mass is 9.79. The van der Waals surface area contributed by atoms with Gasteiger partial charge in [0.2, 0.25) is 0 Å². The molecule has 2 aliphatic rings. The molecule has 0 saturated carbocycles. The second kappa shape index (κ2) is 25.5. The predicted octanol–water partition coefficient (Wildman–Crippen LogP) is 14.5. The third-order valence-electron chi connectivity index (χ3n) is 16.1. The van der Waals surface area contributed by atoms with Gasteiger partial charge in [0.05, 0.1) is 49.7 Å². The monoisotopic (exact) mass is 993 g/mol. The van der Waals surface area contributed by atoms with Crippen LogP contribution in [0.3, 0.4) is 0 Å². The van der Waals surface area contributed by atoms with Crippen LogP contribution in [-0.2, 0) is 37.0 Å². The van der Waals surface area contributed by atoms with Gasteiger partial charge in [-0.2, -0.15) is 0 Å². The van der Waals surface area contributed by atoms with Gasteiger partial charge >= 0.3 is 5.97 Å². The highest BCUT2D eigenvalue weighted by Gasteiger charge is 2.50. The zero-order valence-corrected chi connectivity index (χ0v) is 50.3. The molecule has 1 saturated heterocycles. The van der Waals surface area contributed by atoms with Gasteiger partial charge < -0.3 is 37.3 Å². The Morgan fingerprint density at radius 2 is 1.36 bits per heavy atom. The summed E-state index contributed by atoms with van der Waals surface area (Å²) in [6.07, 6.45) is 17.6. The molecule has 2 aliphatic heterocycles. The summed E-state index contributed by atoms with van der Waals surface area (Å²) >= 11 is 0. The first-order valence-electron chi connectivity index (χ1n) is 25.9. The van der Waals surface area contributed by atoms with Crippen molar-refractivity contribution in [3.8, 4) is 0 Å². The molecule has 12 heteroatoms. The Bertz CT molecular complexity index is 1630. The van der Waals surface area contributed by atoms with Crippen LogP contribution in [0.4, 0.5) is 0 Å². The maximum absolute atomic E-state index is 14.9. The van der Waals surface area contributed by atoms with E-state index in [4.69, 9.17) is 32.2 Å². The van der Waals surface area contributed by atoms with E-state index in [9.17, 15) is 9.90 Å². The van der Waals surface area contributed by atoms with Crippen molar-refractivity contribution in [2.45, 2.75) is 259 Å². The first-order chi connectivity index (χ1) is 30.5. The van der Waals surface area contributed by atoms with Crippen molar-refractivity contribution in [2.24, 2.45) is 23.7 Å². The topological polar surface area (TPSA) is 102 Å². The van der Waals surface area contributed by atoms with Gasteiger partial charge in [0.1, 0.15) is 6.10 Å². The first kappa shape index (κ1) is 61.9. The molecule has 1 fully saturated rings. The van der Waals surface area contributed by atoms with E-state index in [1.54, 1.807) is 13.2 Å². The Hall–Kier alpha value is -1.20. The molecule has 0 amide bonds. The van der Waals surface area contributed by atoms with Crippen molar-refractivity contribution in [3.05, 3.63) is 48.1 Å². The summed E-state index contributed by atoms with van der Waals surface area (Å²) in [6, 6.07) is 0. The Labute approximate surface area is 415 Å². The van der Waals surface area contributed by atoms with Crippen molar-refractivity contribution in [3.63, 3.8) is 0 Å². The molecule has 11 atom stereocenters. The van der Waals surface area contributed by atoms with Gasteiger partial charge in [-0.3, -0.25) is 4.79 Å². The van der Waals surface area contributed by atoms with Crippen molar-refractivity contribution >= 4 is 30.9 Å². The number of hydrogen-bond acceptors (Lipinski definition) is 9. The number of fused-ring (bicyclic) bond motifs is 2. The minimum atomic E-state index is -2.38. The molecule has 0 aromatic rings. The van der Waals surface area contributed by atoms with Crippen molar-refractivity contribution in [1.29, 1.82) is 0 Å².